The van der Waals surface area contributed by atoms with Crippen LogP contribution in [0.5, 0.6) is 0 Å². The van der Waals surface area contributed by atoms with E-state index in [9.17, 15) is 19.5 Å². The van der Waals surface area contributed by atoms with Crippen molar-refractivity contribution < 1.29 is 24.2 Å². The standard InChI is InChI=1S/C21H28N2O5.ClH/c1-4-28-21(27)18(14(2)3)17(20(25)26)13-15-5-7-16(8-6-15)19(24)23-11-9-22-10-12-23;/h5-8,14,22H,4,9-13H2,1-3H3,(H,25,26);1H. The third-order valence-corrected chi connectivity index (χ3v) is 4.64. The Hall–Kier alpha value is -2.38. The molecule has 1 fully saturated rings. The van der Waals surface area contributed by atoms with E-state index < -0.39 is 11.9 Å². The maximum absolute atomic E-state index is 12.5. The molecule has 1 saturated heterocycles. The van der Waals surface area contributed by atoms with Gasteiger partial charge in [0.2, 0.25) is 0 Å². The summed E-state index contributed by atoms with van der Waals surface area (Å²) in [5, 5.41) is 12.9. The van der Waals surface area contributed by atoms with E-state index in [0.29, 0.717) is 18.7 Å². The Morgan fingerprint density at radius 2 is 1.72 bits per heavy atom. The molecule has 0 unspecified atom stereocenters. The minimum Gasteiger partial charge on any atom is -0.478 e. The molecule has 29 heavy (non-hydrogen) atoms. The van der Waals surface area contributed by atoms with Crippen molar-refractivity contribution in [3.63, 3.8) is 0 Å². The molecule has 1 amide bonds. The summed E-state index contributed by atoms with van der Waals surface area (Å²) in [7, 11) is 0. The first kappa shape index (κ1) is 24.7. The van der Waals surface area contributed by atoms with Crippen LogP contribution in [0.1, 0.15) is 36.7 Å². The highest BCUT2D eigenvalue weighted by Gasteiger charge is 2.25. The Balaban J connectivity index is 0.00000420. The van der Waals surface area contributed by atoms with Gasteiger partial charge in [0.15, 0.2) is 0 Å². The fourth-order valence-corrected chi connectivity index (χ4v) is 3.22. The van der Waals surface area contributed by atoms with Crippen LogP contribution in [-0.4, -0.2) is 60.6 Å². The van der Waals surface area contributed by atoms with Gasteiger partial charge in [-0.05, 0) is 30.5 Å². The molecule has 160 valence electrons. The molecule has 0 bridgehead atoms. The third-order valence-electron chi connectivity index (χ3n) is 4.64. The summed E-state index contributed by atoms with van der Waals surface area (Å²) in [6, 6.07) is 6.89. The molecule has 0 atom stereocenters. The van der Waals surface area contributed by atoms with Gasteiger partial charge in [-0.25, -0.2) is 9.59 Å². The molecule has 7 nitrogen and oxygen atoms in total. The Bertz CT molecular complexity index is 753. The molecule has 0 radical (unpaired) electrons. The van der Waals surface area contributed by atoms with E-state index in [1.165, 1.54) is 0 Å². The summed E-state index contributed by atoms with van der Waals surface area (Å²) in [5.41, 5.74) is 1.49. The number of rotatable bonds is 7. The van der Waals surface area contributed by atoms with Gasteiger partial charge in [-0.3, -0.25) is 4.79 Å². The van der Waals surface area contributed by atoms with Crippen LogP contribution >= 0.6 is 12.4 Å². The van der Waals surface area contributed by atoms with Crippen LogP contribution < -0.4 is 5.32 Å². The minimum atomic E-state index is -1.14. The van der Waals surface area contributed by atoms with Crippen LogP contribution in [0.2, 0.25) is 0 Å². The number of carboxylic acids is 1. The normalized spacial score (nSPS) is 14.7. The first-order chi connectivity index (χ1) is 13.3. The molecule has 1 aromatic carbocycles. The number of carbonyl (C=O) groups is 3. The lowest BCUT2D eigenvalue weighted by Gasteiger charge is -2.27. The van der Waals surface area contributed by atoms with Crippen molar-refractivity contribution in [2.24, 2.45) is 5.92 Å². The highest BCUT2D eigenvalue weighted by molar-refractivity contribution is 6.00. The third kappa shape index (κ3) is 6.58. The number of benzene rings is 1. The van der Waals surface area contributed by atoms with Gasteiger partial charge in [0, 0.05) is 38.2 Å². The number of nitrogens with zero attached hydrogens (tertiary/aromatic N) is 1. The van der Waals surface area contributed by atoms with E-state index in [1.807, 2.05) is 0 Å². The fourth-order valence-electron chi connectivity index (χ4n) is 3.22. The summed E-state index contributed by atoms with van der Waals surface area (Å²) in [6.07, 6.45) is 0.0871. The maximum Gasteiger partial charge on any atom is 0.334 e. The Labute approximate surface area is 177 Å². The molecule has 1 aliphatic rings. The predicted molar refractivity (Wildman–Crippen MR) is 112 cm³/mol. The summed E-state index contributed by atoms with van der Waals surface area (Å²) in [6.45, 7) is 8.31. The number of aliphatic carboxylic acids is 1. The smallest absolute Gasteiger partial charge is 0.334 e. The van der Waals surface area contributed by atoms with Gasteiger partial charge in [0.1, 0.15) is 0 Å². The molecule has 0 saturated carbocycles. The van der Waals surface area contributed by atoms with Gasteiger partial charge in [0.05, 0.1) is 17.8 Å². The zero-order valence-electron chi connectivity index (χ0n) is 17.1. The van der Waals surface area contributed by atoms with Gasteiger partial charge >= 0.3 is 11.9 Å². The van der Waals surface area contributed by atoms with Crippen LogP contribution in [0.15, 0.2) is 35.4 Å². The van der Waals surface area contributed by atoms with Crippen LogP contribution in [0.3, 0.4) is 0 Å². The van der Waals surface area contributed by atoms with Crippen molar-refractivity contribution in [3.05, 3.63) is 46.5 Å². The zero-order chi connectivity index (χ0) is 20.7. The van der Waals surface area contributed by atoms with Crippen molar-refractivity contribution in [1.29, 1.82) is 0 Å². The van der Waals surface area contributed by atoms with E-state index in [0.717, 1.165) is 18.7 Å². The molecule has 0 aliphatic carbocycles. The van der Waals surface area contributed by atoms with Gasteiger partial charge in [0.25, 0.3) is 5.91 Å². The summed E-state index contributed by atoms with van der Waals surface area (Å²) < 4.78 is 5.04. The average Bonchev–Trinajstić information content (AvgIpc) is 2.68. The number of esters is 1. The first-order valence-corrected chi connectivity index (χ1v) is 9.57. The summed E-state index contributed by atoms with van der Waals surface area (Å²) in [4.78, 5) is 38.4. The second kappa shape index (κ2) is 11.6. The molecule has 0 aromatic heterocycles. The zero-order valence-corrected chi connectivity index (χ0v) is 17.9. The fraction of sp³-hybridized carbons (Fsp3) is 0.476. The molecule has 1 heterocycles. The van der Waals surface area contributed by atoms with Crippen molar-refractivity contribution in [1.82, 2.24) is 10.2 Å². The average molecular weight is 425 g/mol. The maximum atomic E-state index is 12.5. The van der Waals surface area contributed by atoms with E-state index >= 15 is 0 Å². The monoisotopic (exact) mass is 424 g/mol. The topological polar surface area (TPSA) is 95.9 Å². The number of amides is 1. The number of hydrogen-bond donors (Lipinski definition) is 2. The van der Waals surface area contributed by atoms with Crippen molar-refractivity contribution in [2.45, 2.75) is 27.2 Å². The van der Waals surface area contributed by atoms with Crippen LogP contribution in [0.4, 0.5) is 0 Å². The summed E-state index contributed by atoms with van der Waals surface area (Å²) in [5.74, 6) is -2.05. The number of carboxylic acid groups (broad SMARTS) is 1. The van der Waals surface area contributed by atoms with E-state index in [4.69, 9.17) is 4.74 Å². The Morgan fingerprint density at radius 3 is 2.21 bits per heavy atom. The second-order valence-corrected chi connectivity index (χ2v) is 6.99. The van der Waals surface area contributed by atoms with Crippen LogP contribution in [-0.2, 0) is 20.7 Å². The van der Waals surface area contributed by atoms with Gasteiger partial charge in [-0.15, -0.1) is 12.4 Å². The van der Waals surface area contributed by atoms with Gasteiger partial charge < -0.3 is 20.1 Å². The number of ether oxygens (including phenoxy) is 1. The number of halogens is 1. The quantitative estimate of drug-likeness (QED) is 0.515. The molecular formula is C21H29ClN2O5. The minimum absolute atomic E-state index is 0. The molecule has 2 N–H and O–H groups in total. The number of nitrogens with one attached hydrogen (secondary N) is 1. The van der Waals surface area contributed by atoms with Crippen LogP contribution in [0.25, 0.3) is 0 Å². The van der Waals surface area contributed by atoms with Crippen molar-refractivity contribution in [3.8, 4) is 0 Å². The number of hydrogen-bond acceptors (Lipinski definition) is 5. The predicted octanol–water partition coefficient (Wildman–Crippen LogP) is 2.30. The van der Waals surface area contributed by atoms with Crippen LogP contribution in [0, 0.1) is 5.92 Å². The van der Waals surface area contributed by atoms with Gasteiger partial charge in [-0.1, -0.05) is 26.0 Å². The molecule has 1 aromatic rings. The Kier molecular flexibility index (Phi) is 9.85. The second-order valence-electron chi connectivity index (χ2n) is 6.99. The molecule has 2 rings (SSSR count). The SMILES string of the molecule is CCOC(=O)C(=C(Cc1ccc(C(=O)N2CCNCC2)cc1)C(=O)O)C(C)C.Cl. The molecule has 8 heteroatoms. The Morgan fingerprint density at radius 1 is 1.14 bits per heavy atom. The number of piperazine rings is 1. The number of carbonyl (C=O) groups excluding carboxylic acids is 2. The van der Waals surface area contributed by atoms with E-state index in [-0.39, 0.29) is 48.4 Å². The molecule has 1 aliphatic heterocycles. The lowest BCUT2D eigenvalue weighted by atomic mass is 9.92. The van der Waals surface area contributed by atoms with E-state index in [2.05, 4.69) is 5.32 Å². The highest BCUT2D eigenvalue weighted by atomic mass is 35.5. The highest BCUT2D eigenvalue weighted by Crippen LogP contribution is 2.21. The largest absolute Gasteiger partial charge is 0.478 e. The van der Waals surface area contributed by atoms with Gasteiger partial charge in [-0.2, -0.15) is 0 Å². The molecule has 0 spiro atoms. The van der Waals surface area contributed by atoms with Crippen molar-refractivity contribution in [2.75, 3.05) is 32.8 Å². The lowest BCUT2D eigenvalue weighted by molar-refractivity contribution is -0.140. The van der Waals surface area contributed by atoms with E-state index in [1.54, 1.807) is 49.9 Å². The van der Waals surface area contributed by atoms with Crippen molar-refractivity contribution >= 4 is 30.3 Å². The lowest BCUT2D eigenvalue weighted by Crippen LogP contribution is -2.46. The summed E-state index contributed by atoms with van der Waals surface area (Å²) >= 11 is 0. The molecular weight excluding hydrogens is 396 g/mol. The first-order valence-electron chi connectivity index (χ1n) is 9.57.